The number of aromatic nitrogens is 1. The van der Waals surface area contributed by atoms with E-state index in [-0.39, 0.29) is 56.1 Å². The molecule has 0 spiro atoms. The normalized spacial score (nSPS) is 15.4. The molecule has 0 saturated heterocycles. The van der Waals surface area contributed by atoms with Gasteiger partial charge < -0.3 is 113 Å². The standard InChI is InChI=1S/C57H93N17O18S2/c1-27(2)19-37(53(88)73-46(29(4)77)57(92)72-40(25-93)54(89)66-34(47(62)82)13-7-9-17-58)69-50(85)35(14-8-10-18-59)67-52(87)39(21-42(61)78)65-43(79)23-64-49(84)36(15-16-44(80)81)68-51(86)38(20-30-22-63-33-12-6-5-11-31(30)33)70-56(91)45(28(3)76)74-55(90)41(26-94)71-48(83)32(60)24-75/h5-6,11-12,22,27-29,32,34-41,45-46,63,75-77,93-94H,7-10,13-21,23-26,58-60H2,1-4H3,(H2,61,78)(H2,62,82)(H,64,84)(H,65,79)(H,66,89)(H,67,87)(H,68,86)(H,69,85)(H,70,91)(H,71,83)(H,72,92)(H,73,88)(H,74,90)(H,80,81)/t28-,29-,32+,34+,35+,36+,37+,38+,39+,40+,41+,45+,46+/m1/s1. The van der Waals surface area contributed by atoms with Gasteiger partial charge in [0.25, 0.3) is 0 Å². The van der Waals surface area contributed by atoms with Gasteiger partial charge in [0, 0.05) is 41.4 Å². The number of carbonyl (C=O) groups excluding carboxylic acids is 13. The summed E-state index contributed by atoms with van der Waals surface area (Å²) in [4.78, 5) is 190. The summed E-state index contributed by atoms with van der Waals surface area (Å²) in [5, 5.41) is 67.0. The van der Waals surface area contributed by atoms with Gasteiger partial charge in [0.05, 0.1) is 31.8 Å². The number of H-pyrrole nitrogens is 1. The largest absolute Gasteiger partial charge is 0.481 e. The summed E-state index contributed by atoms with van der Waals surface area (Å²) < 4.78 is 0. The Morgan fingerprint density at radius 2 is 0.979 bits per heavy atom. The Kier molecular flexibility index (Phi) is 36.8. The maximum Gasteiger partial charge on any atom is 0.303 e. The number of para-hydroxylation sites is 1. The molecule has 0 aliphatic carbocycles. The van der Waals surface area contributed by atoms with Crippen LogP contribution in [-0.4, -0.2) is 225 Å². The molecule has 0 bridgehead atoms. The van der Waals surface area contributed by atoms with E-state index >= 15 is 0 Å². The van der Waals surface area contributed by atoms with Gasteiger partial charge in [0.15, 0.2) is 0 Å². The maximum absolute atomic E-state index is 14.3. The number of primary amides is 2. The molecule has 13 amide bonds. The lowest BCUT2D eigenvalue weighted by atomic mass is 10.0. The Morgan fingerprint density at radius 1 is 0.532 bits per heavy atom. The SMILES string of the molecule is CC(C)C[C@H](NC(=O)[C@H](CCCCN)NC(=O)[C@H](CC(N)=O)NC(=O)CNC(=O)[C@H](CCC(=O)O)NC(=O)[C@H](Cc1c[nH]c2ccccc12)NC(=O)[C@@H](NC(=O)[C@H](CS)NC(=O)[C@@H](N)CO)[C@@H](C)O)C(=O)N[C@H](C(=O)N[C@@H](CS)C(=O)N[C@@H](CCCCN)C(N)=O)[C@@H](C)O. The molecule has 526 valence electrons. The van der Waals surface area contributed by atoms with Crippen molar-refractivity contribution in [2.45, 2.75) is 177 Å². The number of carboxylic acids is 1. The number of fused-ring (bicyclic) bond motifs is 1. The van der Waals surface area contributed by atoms with E-state index in [0.29, 0.717) is 42.3 Å². The molecule has 1 aromatic carbocycles. The van der Waals surface area contributed by atoms with Gasteiger partial charge in [0.2, 0.25) is 76.8 Å². The Morgan fingerprint density at radius 3 is 1.48 bits per heavy atom. The molecule has 94 heavy (non-hydrogen) atoms. The Bertz CT molecular complexity index is 2920. The van der Waals surface area contributed by atoms with Gasteiger partial charge in [-0.15, -0.1) is 0 Å². The smallest absolute Gasteiger partial charge is 0.303 e. The maximum atomic E-state index is 14.3. The third-order valence-corrected chi connectivity index (χ3v) is 15.0. The van der Waals surface area contributed by atoms with Crippen molar-refractivity contribution < 1.29 is 87.5 Å². The molecule has 1 aromatic heterocycles. The van der Waals surface area contributed by atoms with Crippen molar-refractivity contribution in [1.29, 1.82) is 0 Å². The minimum Gasteiger partial charge on any atom is -0.481 e. The molecule has 1 heterocycles. The summed E-state index contributed by atoms with van der Waals surface area (Å²) in [5.41, 5.74) is 28.8. The van der Waals surface area contributed by atoms with Gasteiger partial charge >= 0.3 is 5.97 Å². The van der Waals surface area contributed by atoms with E-state index in [1.54, 1.807) is 38.1 Å². The van der Waals surface area contributed by atoms with Crippen LogP contribution in [0.2, 0.25) is 0 Å². The number of amides is 13. The van der Waals surface area contributed by atoms with Crippen LogP contribution in [-0.2, 0) is 73.5 Å². The molecule has 13 atom stereocenters. The van der Waals surface area contributed by atoms with Gasteiger partial charge in [0.1, 0.15) is 66.5 Å². The van der Waals surface area contributed by atoms with Gasteiger partial charge in [-0.3, -0.25) is 67.1 Å². The number of rotatable bonds is 45. The number of aliphatic hydroxyl groups excluding tert-OH is 3. The topological polar surface area (TPSA) is 598 Å². The second-order valence-electron chi connectivity index (χ2n) is 22.6. The molecule has 26 N–H and O–H groups in total. The molecule has 0 aliphatic rings. The number of hydrogen-bond acceptors (Lipinski definition) is 22. The Hall–Kier alpha value is -8.20. The third kappa shape index (κ3) is 28.6. The van der Waals surface area contributed by atoms with Gasteiger partial charge in [-0.05, 0) is 95.9 Å². The Balaban J connectivity index is 2.40. The lowest BCUT2D eigenvalue weighted by Gasteiger charge is -2.28. The van der Waals surface area contributed by atoms with Crippen LogP contribution in [0.5, 0.6) is 0 Å². The summed E-state index contributed by atoms with van der Waals surface area (Å²) in [7, 11) is 0. The average Bonchev–Trinajstić information content (AvgIpc) is 1.80. The summed E-state index contributed by atoms with van der Waals surface area (Å²) in [5.74, 6) is -15.9. The van der Waals surface area contributed by atoms with Crippen molar-refractivity contribution in [3.8, 4) is 0 Å². The van der Waals surface area contributed by atoms with Crippen molar-refractivity contribution >= 4 is 119 Å². The molecule has 2 aromatic rings. The highest BCUT2D eigenvalue weighted by Crippen LogP contribution is 2.20. The lowest BCUT2D eigenvalue weighted by molar-refractivity contribution is -0.138. The van der Waals surface area contributed by atoms with Gasteiger partial charge in [-0.2, -0.15) is 25.3 Å². The molecular formula is C57H93N17O18S2. The van der Waals surface area contributed by atoms with Gasteiger partial charge in [-0.25, -0.2) is 0 Å². The second-order valence-corrected chi connectivity index (χ2v) is 23.4. The van der Waals surface area contributed by atoms with E-state index < -0.39 is 194 Å². The zero-order valence-corrected chi connectivity index (χ0v) is 54.6. The number of carbonyl (C=O) groups is 14. The first-order chi connectivity index (χ1) is 44.3. The molecule has 0 fully saturated rings. The van der Waals surface area contributed by atoms with Crippen molar-refractivity contribution in [1.82, 2.24) is 63.5 Å². The van der Waals surface area contributed by atoms with E-state index in [0.717, 1.165) is 6.92 Å². The molecule has 0 unspecified atom stereocenters. The lowest BCUT2D eigenvalue weighted by Crippen LogP contribution is -2.62. The first kappa shape index (κ1) is 81.9. The van der Waals surface area contributed by atoms with Gasteiger partial charge in [-0.1, -0.05) is 32.0 Å². The molecule has 0 saturated carbocycles. The number of thiol groups is 2. The van der Waals surface area contributed by atoms with E-state index in [4.69, 9.17) is 28.7 Å². The molecule has 0 radical (unpaired) electrons. The van der Waals surface area contributed by atoms with Crippen molar-refractivity contribution in [2.75, 3.05) is 37.7 Å². The molecular weight excluding hydrogens is 1270 g/mol. The zero-order valence-electron chi connectivity index (χ0n) is 52.8. The minimum atomic E-state index is -1.84. The molecule has 37 heteroatoms. The summed E-state index contributed by atoms with van der Waals surface area (Å²) in [6.45, 7) is 4.39. The quantitative estimate of drug-likeness (QED) is 0.0216. The number of benzene rings is 1. The predicted molar refractivity (Wildman–Crippen MR) is 346 cm³/mol. The van der Waals surface area contributed by atoms with Crippen molar-refractivity contribution in [3.05, 3.63) is 36.0 Å². The number of hydrogen-bond donors (Lipinski definition) is 23. The predicted octanol–water partition coefficient (Wildman–Crippen LogP) is -7.85. The number of nitrogens with two attached hydrogens (primary N) is 5. The zero-order chi connectivity index (χ0) is 70.9. The van der Waals surface area contributed by atoms with Crippen LogP contribution in [0.1, 0.15) is 97.5 Å². The highest BCUT2D eigenvalue weighted by molar-refractivity contribution is 7.80. The fourth-order valence-corrected chi connectivity index (χ4v) is 9.65. The average molecular weight is 1370 g/mol. The molecule has 35 nitrogen and oxygen atoms in total. The van der Waals surface area contributed by atoms with Crippen LogP contribution < -0.4 is 87.2 Å². The van der Waals surface area contributed by atoms with Crippen LogP contribution in [0.15, 0.2) is 30.5 Å². The minimum absolute atomic E-state index is 0.0812. The number of aliphatic carboxylic acids is 1. The van der Waals surface area contributed by atoms with Crippen LogP contribution in [0.3, 0.4) is 0 Å². The van der Waals surface area contributed by atoms with Crippen molar-refractivity contribution in [3.63, 3.8) is 0 Å². The summed E-state index contributed by atoms with van der Waals surface area (Å²) >= 11 is 8.21. The van der Waals surface area contributed by atoms with Crippen LogP contribution >= 0.6 is 25.3 Å². The van der Waals surface area contributed by atoms with E-state index in [1.807, 2.05) is 0 Å². The Labute approximate surface area is 553 Å². The fourth-order valence-electron chi connectivity index (χ4n) is 9.14. The second kappa shape index (κ2) is 42.2. The first-order valence-corrected chi connectivity index (χ1v) is 31.6. The molecule has 2 rings (SSSR count). The van der Waals surface area contributed by atoms with Crippen molar-refractivity contribution in [2.24, 2.45) is 34.6 Å². The summed E-state index contributed by atoms with van der Waals surface area (Å²) in [6.07, 6.45) is -2.86. The third-order valence-electron chi connectivity index (χ3n) is 14.3. The number of aromatic amines is 1. The highest BCUT2D eigenvalue weighted by atomic mass is 32.1. The number of carboxylic acid groups (broad SMARTS) is 1. The monoisotopic (exact) mass is 1370 g/mol. The number of nitrogens with one attached hydrogen (secondary N) is 12. The van der Waals surface area contributed by atoms with Crippen LogP contribution in [0, 0.1) is 5.92 Å². The van der Waals surface area contributed by atoms with E-state index in [1.165, 1.54) is 13.1 Å². The first-order valence-electron chi connectivity index (χ1n) is 30.3. The van der Waals surface area contributed by atoms with Crippen LogP contribution in [0.25, 0.3) is 10.9 Å². The highest BCUT2D eigenvalue weighted by Gasteiger charge is 2.38. The fraction of sp³-hybridized carbons (Fsp3) is 0.614. The number of aliphatic hydroxyl groups is 3. The molecule has 0 aliphatic heterocycles. The van der Waals surface area contributed by atoms with Crippen LogP contribution in [0.4, 0.5) is 0 Å². The van der Waals surface area contributed by atoms with E-state index in [2.05, 4.69) is 88.7 Å². The number of unbranched alkanes of at least 4 members (excludes halogenated alkanes) is 2. The van der Waals surface area contributed by atoms with E-state index in [9.17, 15) is 87.5 Å². The summed E-state index contributed by atoms with van der Waals surface area (Å²) in [6, 6.07) is -10.3.